The topological polar surface area (TPSA) is 41.5 Å². The lowest BCUT2D eigenvalue weighted by molar-refractivity contribution is 0.127. The van der Waals surface area contributed by atoms with Gasteiger partial charge in [0.05, 0.1) is 12.7 Å². The second-order valence-corrected chi connectivity index (χ2v) is 5.84. The molecule has 3 atom stereocenters. The molecule has 1 fully saturated rings. The van der Waals surface area contributed by atoms with E-state index in [-0.39, 0.29) is 12.1 Å². The molecule has 0 radical (unpaired) electrons. The highest BCUT2D eigenvalue weighted by Gasteiger charge is 2.26. The highest BCUT2D eigenvalue weighted by atomic mass is 32.2. The predicted molar refractivity (Wildman–Crippen MR) is 65.4 cm³/mol. The number of rotatable bonds is 6. The van der Waals surface area contributed by atoms with Crippen molar-refractivity contribution in [2.45, 2.75) is 43.6 Å². The summed E-state index contributed by atoms with van der Waals surface area (Å²) in [4.78, 5) is 0. The number of aliphatic hydroxyl groups is 1. The molecule has 0 amide bonds. The van der Waals surface area contributed by atoms with Crippen molar-refractivity contribution in [2.24, 2.45) is 0 Å². The zero-order valence-electron chi connectivity index (χ0n) is 9.95. The number of hydrogen-bond acceptors (Lipinski definition) is 4. The first-order chi connectivity index (χ1) is 7.11. The fourth-order valence-corrected chi connectivity index (χ4v) is 3.13. The second kappa shape index (κ2) is 6.09. The highest BCUT2D eigenvalue weighted by molar-refractivity contribution is 7.99. The standard InChI is InChI=1S/C11H23NO2S/c1-9-10(4-6-14-9)15-7-5-11(2,8-13)12-3/h9-10,12-13H,4-8H2,1-3H3. The monoisotopic (exact) mass is 233 g/mol. The van der Waals surface area contributed by atoms with E-state index in [1.165, 1.54) is 6.42 Å². The maximum atomic E-state index is 9.23. The van der Waals surface area contributed by atoms with Gasteiger partial charge in [-0.1, -0.05) is 0 Å². The van der Waals surface area contributed by atoms with E-state index in [1.54, 1.807) is 0 Å². The second-order valence-electron chi connectivity index (χ2n) is 4.49. The average Bonchev–Trinajstić information content (AvgIpc) is 2.64. The summed E-state index contributed by atoms with van der Waals surface area (Å²) in [6.45, 7) is 5.30. The molecule has 0 spiro atoms. The first-order valence-corrected chi connectivity index (χ1v) is 6.69. The van der Waals surface area contributed by atoms with Crippen molar-refractivity contribution < 1.29 is 9.84 Å². The number of likely N-dealkylation sites (N-methyl/N-ethyl adjacent to an activating group) is 1. The summed E-state index contributed by atoms with van der Waals surface area (Å²) < 4.78 is 5.51. The van der Waals surface area contributed by atoms with Crippen molar-refractivity contribution in [1.29, 1.82) is 0 Å². The minimum absolute atomic E-state index is 0.129. The quantitative estimate of drug-likeness (QED) is 0.725. The van der Waals surface area contributed by atoms with Gasteiger partial charge in [0.15, 0.2) is 0 Å². The minimum atomic E-state index is -0.129. The lowest BCUT2D eigenvalue weighted by atomic mass is 10.0. The van der Waals surface area contributed by atoms with E-state index in [2.05, 4.69) is 19.2 Å². The van der Waals surface area contributed by atoms with Crippen LogP contribution in [0.5, 0.6) is 0 Å². The van der Waals surface area contributed by atoms with Crippen LogP contribution in [0.25, 0.3) is 0 Å². The van der Waals surface area contributed by atoms with E-state index in [4.69, 9.17) is 4.74 Å². The fraction of sp³-hybridized carbons (Fsp3) is 1.00. The van der Waals surface area contributed by atoms with Crippen molar-refractivity contribution in [3.05, 3.63) is 0 Å². The van der Waals surface area contributed by atoms with Gasteiger partial charge < -0.3 is 15.2 Å². The van der Waals surface area contributed by atoms with Crippen LogP contribution in [0.4, 0.5) is 0 Å². The van der Waals surface area contributed by atoms with E-state index in [0.29, 0.717) is 11.4 Å². The highest BCUT2D eigenvalue weighted by Crippen LogP contribution is 2.27. The molecule has 2 N–H and O–H groups in total. The zero-order valence-corrected chi connectivity index (χ0v) is 10.8. The lowest BCUT2D eigenvalue weighted by Crippen LogP contribution is -2.43. The van der Waals surface area contributed by atoms with Crippen molar-refractivity contribution in [3.8, 4) is 0 Å². The van der Waals surface area contributed by atoms with Gasteiger partial charge in [-0.15, -0.1) is 0 Å². The molecule has 0 aromatic heterocycles. The molecule has 90 valence electrons. The average molecular weight is 233 g/mol. The Balaban J connectivity index is 2.20. The molecule has 0 aliphatic carbocycles. The third kappa shape index (κ3) is 3.94. The number of nitrogens with one attached hydrogen (secondary N) is 1. The van der Waals surface area contributed by atoms with E-state index in [0.717, 1.165) is 18.8 Å². The van der Waals surface area contributed by atoms with Gasteiger partial charge in [-0.2, -0.15) is 11.8 Å². The molecule has 1 aliphatic rings. The minimum Gasteiger partial charge on any atom is -0.394 e. The van der Waals surface area contributed by atoms with Gasteiger partial charge in [0.2, 0.25) is 0 Å². The Hall–Kier alpha value is 0.230. The van der Waals surface area contributed by atoms with Crippen LogP contribution >= 0.6 is 11.8 Å². The third-order valence-corrected chi connectivity index (χ3v) is 4.73. The van der Waals surface area contributed by atoms with E-state index < -0.39 is 0 Å². The maximum Gasteiger partial charge on any atom is 0.0666 e. The van der Waals surface area contributed by atoms with Gasteiger partial charge in [0.25, 0.3) is 0 Å². The van der Waals surface area contributed by atoms with Crippen molar-refractivity contribution >= 4 is 11.8 Å². The Bertz CT molecular complexity index is 185. The number of hydrogen-bond donors (Lipinski definition) is 2. The Morgan fingerprint density at radius 3 is 2.80 bits per heavy atom. The van der Waals surface area contributed by atoms with Crippen molar-refractivity contribution in [1.82, 2.24) is 5.32 Å². The van der Waals surface area contributed by atoms with Gasteiger partial charge in [0.1, 0.15) is 0 Å². The van der Waals surface area contributed by atoms with Gasteiger partial charge >= 0.3 is 0 Å². The smallest absolute Gasteiger partial charge is 0.0666 e. The fourth-order valence-electron chi connectivity index (χ4n) is 1.65. The van der Waals surface area contributed by atoms with Crippen LogP contribution in [0.2, 0.25) is 0 Å². The molecule has 1 rings (SSSR count). The van der Waals surface area contributed by atoms with Crippen LogP contribution in [-0.4, -0.2) is 48.0 Å². The number of thioether (sulfide) groups is 1. The molecule has 1 saturated heterocycles. The van der Waals surface area contributed by atoms with Crippen LogP contribution in [-0.2, 0) is 4.74 Å². The van der Waals surface area contributed by atoms with Gasteiger partial charge in [0, 0.05) is 17.4 Å². The lowest BCUT2D eigenvalue weighted by Gasteiger charge is -2.27. The summed E-state index contributed by atoms with van der Waals surface area (Å²) in [7, 11) is 1.90. The molecule has 3 unspecified atom stereocenters. The predicted octanol–water partition coefficient (Wildman–Crippen LogP) is 1.26. The Morgan fingerprint density at radius 2 is 2.33 bits per heavy atom. The van der Waals surface area contributed by atoms with E-state index >= 15 is 0 Å². The molecule has 0 aromatic carbocycles. The van der Waals surface area contributed by atoms with Crippen LogP contribution in [0.1, 0.15) is 26.7 Å². The molecule has 4 heteroatoms. The SMILES string of the molecule is CNC(C)(CO)CCSC1CCOC1C. The summed E-state index contributed by atoms with van der Waals surface area (Å²) in [6.07, 6.45) is 2.56. The van der Waals surface area contributed by atoms with Crippen LogP contribution in [0.3, 0.4) is 0 Å². The molecule has 15 heavy (non-hydrogen) atoms. The maximum absolute atomic E-state index is 9.23. The molecule has 1 heterocycles. The van der Waals surface area contributed by atoms with Gasteiger partial charge in [-0.25, -0.2) is 0 Å². The van der Waals surface area contributed by atoms with Crippen molar-refractivity contribution in [3.63, 3.8) is 0 Å². The Labute approximate surface area is 97.0 Å². The van der Waals surface area contributed by atoms with Gasteiger partial charge in [-0.3, -0.25) is 0 Å². The van der Waals surface area contributed by atoms with Crippen molar-refractivity contribution in [2.75, 3.05) is 26.0 Å². The molecule has 3 nitrogen and oxygen atoms in total. The first kappa shape index (κ1) is 13.3. The summed E-state index contributed by atoms with van der Waals surface area (Å²) in [5.74, 6) is 1.08. The summed E-state index contributed by atoms with van der Waals surface area (Å²) in [5.41, 5.74) is -0.129. The number of aliphatic hydroxyl groups excluding tert-OH is 1. The molecule has 0 aromatic rings. The third-order valence-electron chi connectivity index (χ3n) is 3.24. The Kier molecular flexibility index (Phi) is 5.39. The summed E-state index contributed by atoms with van der Waals surface area (Å²) >= 11 is 1.97. The van der Waals surface area contributed by atoms with E-state index in [9.17, 15) is 5.11 Å². The first-order valence-electron chi connectivity index (χ1n) is 5.64. The molecule has 0 bridgehead atoms. The molecule has 0 saturated carbocycles. The molecule has 1 aliphatic heterocycles. The van der Waals surface area contributed by atoms with Gasteiger partial charge in [-0.05, 0) is 39.5 Å². The van der Waals surface area contributed by atoms with Crippen LogP contribution in [0.15, 0.2) is 0 Å². The Morgan fingerprint density at radius 1 is 1.60 bits per heavy atom. The number of ether oxygens (including phenoxy) is 1. The normalized spacial score (nSPS) is 30.4. The molecular formula is C11H23NO2S. The van der Waals surface area contributed by atoms with Crippen LogP contribution < -0.4 is 5.32 Å². The largest absolute Gasteiger partial charge is 0.394 e. The van der Waals surface area contributed by atoms with Crippen LogP contribution in [0, 0.1) is 0 Å². The summed E-state index contributed by atoms with van der Waals surface area (Å²) in [5, 5.41) is 13.0. The van der Waals surface area contributed by atoms with E-state index in [1.807, 2.05) is 18.8 Å². The summed E-state index contributed by atoms with van der Waals surface area (Å²) in [6, 6.07) is 0. The molecular weight excluding hydrogens is 210 g/mol. The zero-order chi connectivity index (χ0) is 11.3.